The Balaban J connectivity index is 3.52. The van der Waals surface area contributed by atoms with Gasteiger partial charge in [-0.3, -0.25) is 0 Å². The lowest BCUT2D eigenvalue weighted by Crippen LogP contribution is -2.35. The number of rotatable bonds is 5. The number of nitrogens with one attached hydrogen (secondary N) is 1. The smallest absolute Gasteiger partial charge is 0.0975 e. The fraction of sp³-hybridized carbons (Fsp3) is 1.00. The Kier molecular flexibility index (Phi) is 5.02. The van der Waals surface area contributed by atoms with Gasteiger partial charge in [0.15, 0.2) is 0 Å². The first-order chi connectivity index (χ1) is 5.02. The molecule has 0 heterocycles. The minimum Gasteiger partial charge on any atom is -0.339 e. The summed E-state index contributed by atoms with van der Waals surface area (Å²) >= 11 is 0. The summed E-state index contributed by atoms with van der Waals surface area (Å²) in [7, 11) is -0.0692. The molecule has 0 radical (unpaired) electrons. The summed E-state index contributed by atoms with van der Waals surface area (Å²) in [6, 6.07) is 0.729. The molecule has 0 amide bonds. The number of hydrogen-bond donors (Lipinski definition) is 1. The van der Waals surface area contributed by atoms with Crippen LogP contribution in [0, 0.1) is 0 Å². The highest BCUT2D eigenvalue weighted by molar-refractivity contribution is 6.36. The lowest BCUT2D eigenvalue weighted by molar-refractivity contribution is 0.593. The Morgan fingerprint density at radius 1 is 1.36 bits per heavy atom. The van der Waals surface area contributed by atoms with Crippen molar-refractivity contribution in [3.63, 3.8) is 0 Å². The molecule has 0 aliphatic carbocycles. The molecule has 0 aromatic heterocycles. The average molecular weight is 173 g/mol. The Hall–Kier alpha value is 0.177. The molecule has 0 aromatic carbocycles. The van der Waals surface area contributed by atoms with Crippen LogP contribution in [0.3, 0.4) is 0 Å². The van der Waals surface area contributed by atoms with Crippen LogP contribution < -0.4 is 4.98 Å². The molecule has 0 bridgehead atoms. The normalized spacial score (nSPS) is 16.1. The van der Waals surface area contributed by atoms with Gasteiger partial charge in [-0.05, 0) is 17.5 Å². The standard InChI is InChI=1S/C9H23NSi/c1-6-8(3)10-11-9(4,5)7-2/h8,10H,6-7,11H2,1-5H3. The van der Waals surface area contributed by atoms with Crippen LogP contribution in [0.2, 0.25) is 5.04 Å². The van der Waals surface area contributed by atoms with Gasteiger partial charge >= 0.3 is 0 Å². The third-order valence-electron chi connectivity index (χ3n) is 2.50. The Morgan fingerprint density at radius 3 is 2.27 bits per heavy atom. The van der Waals surface area contributed by atoms with Crippen molar-refractivity contribution in [3.05, 3.63) is 0 Å². The van der Waals surface area contributed by atoms with E-state index in [9.17, 15) is 0 Å². The van der Waals surface area contributed by atoms with Gasteiger partial charge in [0.05, 0.1) is 9.68 Å². The van der Waals surface area contributed by atoms with Crippen molar-refractivity contribution in [1.82, 2.24) is 4.98 Å². The number of hydrogen-bond acceptors (Lipinski definition) is 1. The van der Waals surface area contributed by atoms with E-state index < -0.39 is 0 Å². The van der Waals surface area contributed by atoms with E-state index in [1.165, 1.54) is 12.8 Å². The molecule has 11 heavy (non-hydrogen) atoms. The quantitative estimate of drug-likeness (QED) is 0.628. The monoisotopic (exact) mass is 173 g/mol. The second-order valence-electron chi connectivity index (χ2n) is 4.21. The molecular weight excluding hydrogens is 150 g/mol. The molecular formula is C9H23NSi. The highest BCUT2D eigenvalue weighted by Crippen LogP contribution is 2.25. The maximum Gasteiger partial charge on any atom is 0.0975 e. The van der Waals surface area contributed by atoms with Crippen LogP contribution in [0.1, 0.15) is 47.5 Å². The van der Waals surface area contributed by atoms with Crippen molar-refractivity contribution in [2.75, 3.05) is 0 Å². The van der Waals surface area contributed by atoms with Crippen molar-refractivity contribution < 1.29 is 0 Å². The van der Waals surface area contributed by atoms with Crippen LogP contribution >= 0.6 is 0 Å². The summed E-state index contributed by atoms with van der Waals surface area (Å²) in [5, 5.41) is 0.601. The second kappa shape index (κ2) is 4.94. The van der Waals surface area contributed by atoms with Crippen LogP contribution in [-0.2, 0) is 0 Å². The van der Waals surface area contributed by atoms with Crippen molar-refractivity contribution in [1.29, 1.82) is 0 Å². The van der Waals surface area contributed by atoms with E-state index in [1.54, 1.807) is 0 Å². The van der Waals surface area contributed by atoms with Gasteiger partial charge in [0.2, 0.25) is 0 Å². The summed E-state index contributed by atoms with van der Waals surface area (Å²) in [6.07, 6.45) is 2.56. The van der Waals surface area contributed by atoms with Gasteiger partial charge in [0, 0.05) is 0 Å². The Labute approximate surface area is 73.9 Å². The van der Waals surface area contributed by atoms with E-state index >= 15 is 0 Å². The fourth-order valence-corrected chi connectivity index (χ4v) is 2.16. The van der Waals surface area contributed by atoms with Crippen LogP contribution in [0.15, 0.2) is 0 Å². The van der Waals surface area contributed by atoms with Gasteiger partial charge in [-0.2, -0.15) is 0 Å². The zero-order valence-electron chi connectivity index (χ0n) is 8.70. The molecule has 0 fully saturated rings. The average Bonchev–Trinajstić information content (AvgIpc) is 2.00. The summed E-state index contributed by atoms with van der Waals surface area (Å²) in [5.74, 6) is 0. The molecule has 0 saturated carbocycles. The van der Waals surface area contributed by atoms with Gasteiger partial charge in [-0.25, -0.2) is 0 Å². The minimum atomic E-state index is -0.0692. The summed E-state index contributed by atoms with van der Waals surface area (Å²) < 4.78 is 0. The molecule has 1 atom stereocenters. The SMILES string of the molecule is CCC(C)N[SiH2]C(C)(C)CC. The zero-order chi connectivity index (χ0) is 8.91. The minimum absolute atomic E-state index is 0.0692. The Morgan fingerprint density at radius 2 is 1.91 bits per heavy atom. The molecule has 0 rings (SSSR count). The molecule has 1 unspecified atom stereocenters. The Bertz CT molecular complexity index is 102. The molecule has 0 saturated heterocycles. The van der Waals surface area contributed by atoms with Crippen LogP contribution in [0.5, 0.6) is 0 Å². The molecule has 1 nitrogen and oxygen atoms in total. The van der Waals surface area contributed by atoms with E-state index in [2.05, 4.69) is 39.6 Å². The van der Waals surface area contributed by atoms with E-state index in [4.69, 9.17) is 0 Å². The molecule has 0 aliphatic heterocycles. The third kappa shape index (κ3) is 5.45. The highest BCUT2D eigenvalue weighted by Gasteiger charge is 2.15. The van der Waals surface area contributed by atoms with Gasteiger partial charge in [-0.1, -0.05) is 41.0 Å². The van der Waals surface area contributed by atoms with Crippen LogP contribution in [-0.4, -0.2) is 15.7 Å². The van der Waals surface area contributed by atoms with E-state index in [-0.39, 0.29) is 9.68 Å². The lowest BCUT2D eigenvalue weighted by Gasteiger charge is -2.24. The molecule has 2 heteroatoms. The van der Waals surface area contributed by atoms with Crippen molar-refractivity contribution in [3.8, 4) is 0 Å². The van der Waals surface area contributed by atoms with Gasteiger partial charge in [0.25, 0.3) is 0 Å². The maximum absolute atomic E-state index is 3.66. The summed E-state index contributed by atoms with van der Waals surface area (Å²) in [6.45, 7) is 11.5. The predicted molar refractivity (Wildman–Crippen MR) is 55.8 cm³/mol. The molecule has 68 valence electrons. The molecule has 1 N–H and O–H groups in total. The van der Waals surface area contributed by atoms with E-state index in [1.807, 2.05) is 0 Å². The summed E-state index contributed by atoms with van der Waals surface area (Å²) in [4.78, 5) is 3.66. The molecule has 0 aliphatic rings. The van der Waals surface area contributed by atoms with Crippen molar-refractivity contribution in [2.45, 2.75) is 58.5 Å². The van der Waals surface area contributed by atoms with Crippen molar-refractivity contribution >= 4 is 9.68 Å². The molecule has 0 spiro atoms. The zero-order valence-corrected chi connectivity index (χ0v) is 10.1. The third-order valence-corrected chi connectivity index (χ3v) is 4.86. The maximum atomic E-state index is 3.66. The first kappa shape index (κ1) is 11.2. The van der Waals surface area contributed by atoms with Gasteiger partial charge in [-0.15, -0.1) is 0 Å². The lowest BCUT2D eigenvalue weighted by atomic mass is 10.1. The first-order valence-electron chi connectivity index (χ1n) is 4.75. The summed E-state index contributed by atoms with van der Waals surface area (Å²) in [5.41, 5.74) is 0. The van der Waals surface area contributed by atoms with Gasteiger partial charge in [0.1, 0.15) is 0 Å². The predicted octanol–water partition coefficient (Wildman–Crippen LogP) is 2.07. The fourth-order valence-electron chi connectivity index (χ4n) is 0.720. The molecule has 0 aromatic rings. The van der Waals surface area contributed by atoms with Gasteiger partial charge < -0.3 is 4.98 Å². The van der Waals surface area contributed by atoms with E-state index in [0.29, 0.717) is 5.04 Å². The second-order valence-corrected chi connectivity index (χ2v) is 6.88. The van der Waals surface area contributed by atoms with Crippen molar-refractivity contribution in [2.24, 2.45) is 0 Å². The van der Waals surface area contributed by atoms with Crippen LogP contribution in [0.4, 0.5) is 0 Å². The van der Waals surface area contributed by atoms with E-state index in [0.717, 1.165) is 6.04 Å². The topological polar surface area (TPSA) is 12.0 Å². The van der Waals surface area contributed by atoms with Crippen LogP contribution in [0.25, 0.3) is 0 Å². The highest BCUT2D eigenvalue weighted by atomic mass is 28.2. The first-order valence-corrected chi connectivity index (χ1v) is 6.16. The largest absolute Gasteiger partial charge is 0.339 e.